The first-order valence-electron chi connectivity index (χ1n) is 7.09. The number of fused-ring (bicyclic) bond motifs is 1. The standard InChI is InChI=1S/C16H22N2O4/c1-16(2,3)17-8-12(19)9-5-6-13(22-4)14-10(9)7-11(18-14)15(20)21/h5-7,12,17-19H,8H2,1-4H3,(H,20,21). The average Bonchev–Trinajstić information content (AvgIpc) is 2.88. The number of nitrogens with one attached hydrogen (secondary N) is 2. The quantitative estimate of drug-likeness (QED) is 0.680. The Kier molecular flexibility index (Phi) is 4.44. The molecule has 1 aromatic carbocycles. The molecule has 120 valence electrons. The number of methoxy groups -OCH3 is 1. The number of carboxylic acid groups (broad SMARTS) is 1. The SMILES string of the molecule is COc1ccc(C(O)CNC(C)(C)C)c2cc(C(=O)O)[nH]c12. The zero-order valence-corrected chi connectivity index (χ0v) is 13.2. The van der Waals surface area contributed by atoms with E-state index in [1.54, 1.807) is 12.1 Å². The van der Waals surface area contributed by atoms with Gasteiger partial charge in [0, 0.05) is 17.5 Å². The van der Waals surface area contributed by atoms with Crippen LogP contribution >= 0.6 is 0 Å². The minimum atomic E-state index is -1.05. The number of aliphatic hydroxyl groups is 1. The summed E-state index contributed by atoms with van der Waals surface area (Å²) in [6.07, 6.45) is -0.745. The zero-order chi connectivity index (χ0) is 16.5. The summed E-state index contributed by atoms with van der Waals surface area (Å²) < 4.78 is 5.25. The van der Waals surface area contributed by atoms with Gasteiger partial charge in [0.15, 0.2) is 0 Å². The van der Waals surface area contributed by atoms with Crippen molar-refractivity contribution in [1.29, 1.82) is 0 Å². The summed E-state index contributed by atoms with van der Waals surface area (Å²) in [4.78, 5) is 14.0. The summed E-state index contributed by atoms with van der Waals surface area (Å²) >= 11 is 0. The Morgan fingerprint density at radius 3 is 2.64 bits per heavy atom. The van der Waals surface area contributed by atoms with Gasteiger partial charge in [-0.15, -0.1) is 0 Å². The van der Waals surface area contributed by atoms with Crippen LogP contribution in [0.2, 0.25) is 0 Å². The van der Waals surface area contributed by atoms with Crippen molar-refractivity contribution in [3.05, 3.63) is 29.5 Å². The fourth-order valence-electron chi connectivity index (χ4n) is 2.30. The predicted molar refractivity (Wildman–Crippen MR) is 84.5 cm³/mol. The predicted octanol–water partition coefficient (Wildman–Crippen LogP) is 2.30. The normalized spacial score (nSPS) is 13.3. The molecule has 1 aromatic heterocycles. The van der Waals surface area contributed by atoms with Crippen molar-refractivity contribution in [1.82, 2.24) is 10.3 Å². The van der Waals surface area contributed by atoms with Gasteiger partial charge in [-0.25, -0.2) is 4.79 Å². The van der Waals surface area contributed by atoms with Crippen molar-refractivity contribution in [2.45, 2.75) is 32.4 Å². The van der Waals surface area contributed by atoms with E-state index in [4.69, 9.17) is 9.84 Å². The molecule has 0 saturated heterocycles. The summed E-state index contributed by atoms with van der Waals surface area (Å²) in [6.45, 7) is 6.42. The maximum atomic E-state index is 11.2. The topological polar surface area (TPSA) is 94.6 Å². The molecule has 22 heavy (non-hydrogen) atoms. The largest absolute Gasteiger partial charge is 0.495 e. The first-order chi connectivity index (χ1) is 10.2. The average molecular weight is 306 g/mol. The van der Waals surface area contributed by atoms with E-state index in [-0.39, 0.29) is 11.2 Å². The Hall–Kier alpha value is -2.05. The van der Waals surface area contributed by atoms with Gasteiger partial charge in [-0.05, 0) is 38.5 Å². The van der Waals surface area contributed by atoms with Gasteiger partial charge in [-0.2, -0.15) is 0 Å². The highest BCUT2D eigenvalue weighted by molar-refractivity contribution is 5.97. The number of rotatable bonds is 5. The van der Waals surface area contributed by atoms with Crippen LogP contribution in [0.15, 0.2) is 18.2 Å². The molecular formula is C16H22N2O4. The third kappa shape index (κ3) is 3.40. The molecule has 0 radical (unpaired) electrons. The molecular weight excluding hydrogens is 284 g/mol. The monoisotopic (exact) mass is 306 g/mol. The Labute approximate surface area is 129 Å². The van der Waals surface area contributed by atoms with Crippen LogP contribution in [0.3, 0.4) is 0 Å². The van der Waals surface area contributed by atoms with Gasteiger partial charge >= 0.3 is 5.97 Å². The molecule has 1 atom stereocenters. The molecule has 1 unspecified atom stereocenters. The minimum Gasteiger partial charge on any atom is -0.495 e. The van der Waals surface area contributed by atoms with Crippen LogP contribution in [0.1, 0.15) is 42.9 Å². The third-order valence-corrected chi connectivity index (χ3v) is 3.42. The zero-order valence-electron chi connectivity index (χ0n) is 13.2. The number of aromatic carboxylic acids is 1. The van der Waals surface area contributed by atoms with E-state index in [1.807, 2.05) is 20.8 Å². The minimum absolute atomic E-state index is 0.0664. The number of benzene rings is 1. The second kappa shape index (κ2) is 5.98. The lowest BCUT2D eigenvalue weighted by Crippen LogP contribution is -2.38. The molecule has 2 aromatic rings. The number of aromatic amines is 1. The number of H-pyrrole nitrogens is 1. The fraction of sp³-hybridized carbons (Fsp3) is 0.438. The van der Waals surface area contributed by atoms with Crippen LogP contribution in [0, 0.1) is 0 Å². The number of hydrogen-bond donors (Lipinski definition) is 4. The fourth-order valence-corrected chi connectivity index (χ4v) is 2.30. The van der Waals surface area contributed by atoms with E-state index in [0.29, 0.717) is 28.8 Å². The molecule has 0 fully saturated rings. The van der Waals surface area contributed by atoms with Gasteiger partial charge < -0.3 is 25.3 Å². The smallest absolute Gasteiger partial charge is 0.352 e. The van der Waals surface area contributed by atoms with Crippen LogP contribution in [0.5, 0.6) is 5.75 Å². The van der Waals surface area contributed by atoms with E-state index in [9.17, 15) is 9.90 Å². The van der Waals surface area contributed by atoms with Crippen molar-refractivity contribution < 1.29 is 19.7 Å². The maximum Gasteiger partial charge on any atom is 0.352 e. The van der Waals surface area contributed by atoms with Crippen LogP contribution in [-0.4, -0.2) is 40.4 Å². The molecule has 0 aliphatic carbocycles. The van der Waals surface area contributed by atoms with Crippen LogP contribution < -0.4 is 10.1 Å². The number of β-amino-alcohol motifs (C(OH)–C–C–N with tert-alkyl or cyclic N) is 1. The Morgan fingerprint density at radius 2 is 2.09 bits per heavy atom. The lowest BCUT2D eigenvalue weighted by Gasteiger charge is -2.23. The van der Waals surface area contributed by atoms with Crippen molar-refractivity contribution in [2.24, 2.45) is 0 Å². The van der Waals surface area contributed by atoms with E-state index >= 15 is 0 Å². The molecule has 0 saturated carbocycles. The molecule has 0 aliphatic heterocycles. The molecule has 4 N–H and O–H groups in total. The summed E-state index contributed by atoms with van der Waals surface area (Å²) in [5.74, 6) is -0.506. The summed E-state index contributed by atoms with van der Waals surface area (Å²) in [5, 5.41) is 23.5. The van der Waals surface area contributed by atoms with Gasteiger partial charge in [-0.3, -0.25) is 0 Å². The Morgan fingerprint density at radius 1 is 1.41 bits per heavy atom. The molecule has 6 heteroatoms. The molecule has 0 bridgehead atoms. The van der Waals surface area contributed by atoms with Crippen molar-refractivity contribution in [3.63, 3.8) is 0 Å². The first kappa shape index (κ1) is 16.3. The molecule has 6 nitrogen and oxygen atoms in total. The highest BCUT2D eigenvalue weighted by atomic mass is 16.5. The summed E-state index contributed by atoms with van der Waals surface area (Å²) in [7, 11) is 1.52. The summed E-state index contributed by atoms with van der Waals surface area (Å²) in [5.41, 5.74) is 1.19. The number of aromatic nitrogens is 1. The number of aliphatic hydroxyl groups excluding tert-OH is 1. The van der Waals surface area contributed by atoms with E-state index in [1.165, 1.54) is 13.2 Å². The first-order valence-corrected chi connectivity index (χ1v) is 7.09. The van der Waals surface area contributed by atoms with Gasteiger partial charge in [0.1, 0.15) is 11.4 Å². The number of hydrogen-bond acceptors (Lipinski definition) is 4. The molecule has 0 amide bonds. The number of carbonyl (C=O) groups is 1. The second-order valence-corrected chi connectivity index (χ2v) is 6.28. The summed E-state index contributed by atoms with van der Waals surface area (Å²) in [6, 6.07) is 5.01. The van der Waals surface area contributed by atoms with Gasteiger partial charge in [0.05, 0.1) is 18.7 Å². The number of ether oxygens (including phenoxy) is 1. The molecule has 0 spiro atoms. The van der Waals surface area contributed by atoms with E-state index in [0.717, 1.165) is 0 Å². The van der Waals surface area contributed by atoms with Gasteiger partial charge in [0.25, 0.3) is 0 Å². The lowest BCUT2D eigenvalue weighted by molar-refractivity contribution is 0.0691. The number of carboxylic acids is 1. The Balaban J connectivity index is 2.43. The van der Waals surface area contributed by atoms with Crippen molar-refractivity contribution in [3.8, 4) is 5.75 Å². The van der Waals surface area contributed by atoms with Gasteiger partial charge in [0.2, 0.25) is 0 Å². The van der Waals surface area contributed by atoms with E-state index in [2.05, 4.69) is 10.3 Å². The van der Waals surface area contributed by atoms with Crippen molar-refractivity contribution >= 4 is 16.9 Å². The highest BCUT2D eigenvalue weighted by Crippen LogP contribution is 2.32. The molecule has 1 heterocycles. The second-order valence-electron chi connectivity index (χ2n) is 6.28. The van der Waals surface area contributed by atoms with Gasteiger partial charge in [-0.1, -0.05) is 6.07 Å². The van der Waals surface area contributed by atoms with Crippen LogP contribution in [0.4, 0.5) is 0 Å². The lowest BCUT2D eigenvalue weighted by atomic mass is 10.0. The van der Waals surface area contributed by atoms with Crippen LogP contribution in [0.25, 0.3) is 10.9 Å². The van der Waals surface area contributed by atoms with E-state index < -0.39 is 12.1 Å². The van der Waals surface area contributed by atoms with Crippen molar-refractivity contribution in [2.75, 3.05) is 13.7 Å². The van der Waals surface area contributed by atoms with Crippen LogP contribution in [-0.2, 0) is 0 Å². The molecule has 0 aliphatic rings. The third-order valence-electron chi connectivity index (χ3n) is 3.42. The maximum absolute atomic E-state index is 11.2. The molecule has 2 rings (SSSR count). The highest BCUT2D eigenvalue weighted by Gasteiger charge is 2.19. The Bertz CT molecular complexity index is 685.